The topological polar surface area (TPSA) is 0 Å². The van der Waals surface area contributed by atoms with Gasteiger partial charge < -0.3 is 0 Å². The highest BCUT2D eigenvalue weighted by Gasteiger charge is 2.24. The predicted molar refractivity (Wildman–Crippen MR) is 108 cm³/mol. The Labute approximate surface area is 171 Å². The van der Waals surface area contributed by atoms with Crippen molar-refractivity contribution in [3.8, 4) is 23.0 Å². The van der Waals surface area contributed by atoms with Crippen molar-refractivity contribution in [1.82, 2.24) is 0 Å². The van der Waals surface area contributed by atoms with Gasteiger partial charge in [0.25, 0.3) is 0 Å². The number of rotatable bonds is 2. The molecule has 1 fully saturated rings. The highest BCUT2D eigenvalue weighted by atomic mass is 19.4. The van der Waals surface area contributed by atoms with E-state index in [4.69, 9.17) is 0 Å². The van der Waals surface area contributed by atoms with Gasteiger partial charge in [0.1, 0.15) is 11.6 Å². The van der Waals surface area contributed by atoms with E-state index in [0.29, 0.717) is 5.92 Å². The Balaban J connectivity index is 1.67. The lowest BCUT2D eigenvalue weighted by Crippen LogP contribution is -2.04. The smallest absolute Gasteiger partial charge is 0.205 e. The normalized spacial score (nSPS) is 15.1. The maximum atomic E-state index is 14.6. The molecule has 0 atom stereocenters. The van der Waals surface area contributed by atoms with Crippen LogP contribution in [-0.2, 0) is 0 Å². The molecule has 0 N–H and O–H groups in total. The molecule has 154 valence electrons. The van der Waals surface area contributed by atoms with Crippen molar-refractivity contribution in [2.75, 3.05) is 0 Å². The minimum absolute atomic E-state index is 0.0328. The van der Waals surface area contributed by atoms with Crippen molar-refractivity contribution in [2.45, 2.75) is 44.2 Å². The minimum atomic E-state index is -4.82. The number of fused-ring (bicyclic) bond motifs is 1. The molecule has 3 aromatic rings. The monoisotopic (exact) mass is 414 g/mol. The summed E-state index contributed by atoms with van der Waals surface area (Å²) in [4.78, 5) is 0. The molecule has 1 aliphatic carbocycles. The standard InChI is InChI=1S/C25H19F5/c26-23-15-20-14-19(10-11-21(20)24(27)22(23)12-13-25(28,29)30)18-8-6-17(7-9-18)16-4-2-1-3-5-16/h6-11,14-16H,1-5H2. The van der Waals surface area contributed by atoms with Crippen molar-refractivity contribution in [1.29, 1.82) is 0 Å². The highest BCUT2D eigenvalue weighted by molar-refractivity contribution is 5.89. The lowest BCUT2D eigenvalue weighted by molar-refractivity contribution is -0.0696. The molecule has 1 aliphatic rings. The molecule has 0 amide bonds. The number of alkyl halides is 3. The van der Waals surface area contributed by atoms with Crippen LogP contribution < -0.4 is 0 Å². The van der Waals surface area contributed by atoms with Gasteiger partial charge in [0, 0.05) is 11.3 Å². The van der Waals surface area contributed by atoms with Gasteiger partial charge in [-0.25, -0.2) is 8.78 Å². The Morgan fingerprint density at radius 1 is 0.800 bits per heavy atom. The van der Waals surface area contributed by atoms with E-state index in [9.17, 15) is 22.0 Å². The molecule has 5 heteroatoms. The second-order valence-corrected chi connectivity index (χ2v) is 7.69. The number of benzene rings is 3. The molecule has 0 saturated heterocycles. The van der Waals surface area contributed by atoms with Crippen LogP contribution in [0.15, 0.2) is 48.5 Å². The van der Waals surface area contributed by atoms with E-state index < -0.39 is 23.4 Å². The summed E-state index contributed by atoms with van der Waals surface area (Å²) < 4.78 is 65.7. The van der Waals surface area contributed by atoms with Gasteiger partial charge in [0.15, 0.2) is 0 Å². The Morgan fingerprint density at radius 2 is 1.47 bits per heavy atom. The van der Waals surface area contributed by atoms with Gasteiger partial charge in [-0.2, -0.15) is 13.2 Å². The van der Waals surface area contributed by atoms with Gasteiger partial charge >= 0.3 is 6.18 Å². The van der Waals surface area contributed by atoms with E-state index in [1.807, 2.05) is 12.1 Å². The molecule has 0 heterocycles. The van der Waals surface area contributed by atoms with Gasteiger partial charge in [0.2, 0.25) is 0 Å². The second-order valence-electron chi connectivity index (χ2n) is 7.69. The first-order chi connectivity index (χ1) is 14.3. The van der Waals surface area contributed by atoms with Crippen LogP contribution in [0.25, 0.3) is 21.9 Å². The van der Waals surface area contributed by atoms with Crippen molar-refractivity contribution < 1.29 is 22.0 Å². The molecule has 4 rings (SSSR count). The molecule has 0 bridgehead atoms. The molecule has 0 aromatic heterocycles. The molecule has 0 nitrogen and oxygen atoms in total. The van der Waals surface area contributed by atoms with E-state index >= 15 is 0 Å². The first-order valence-electron chi connectivity index (χ1n) is 9.94. The van der Waals surface area contributed by atoms with Gasteiger partial charge in [-0.05, 0) is 53.0 Å². The minimum Gasteiger partial charge on any atom is -0.205 e. The average molecular weight is 414 g/mol. The number of hydrogen-bond acceptors (Lipinski definition) is 0. The zero-order chi connectivity index (χ0) is 21.3. The summed E-state index contributed by atoms with van der Waals surface area (Å²) in [6.45, 7) is 0. The predicted octanol–water partition coefficient (Wildman–Crippen LogP) is 7.75. The van der Waals surface area contributed by atoms with Gasteiger partial charge in [-0.15, -0.1) is 0 Å². The molecule has 30 heavy (non-hydrogen) atoms. The third-order valence-electron chi connectivity index (χ3n) is 5.68. The van der Waals surface area contributed by atoms with E-state index in [1.165, 1.54) is 43.7 Å². The Kier molecular flexibility index (Phi) is 5.51. The average Bonchev–Trinajstić information content (AvgIpc) is 2.73. The molecule has 0 spiro atoms. The lowest BCUT2D eigenvalue weighted by atomic mass is 9.83. The summed E-state index contributed by atoms with van der Waals surface area (Å²) in [7, 11) is 0. The fraction of sp³-hybridized carbons (Fsp3) is 0.280. The first-order valence-corrected chi connectivity index (χ1v) is 9.94. The summed E-state index contributed by atoms with van der Waals surface area (Å²) in [5.41, 5.74) is 2.14. The molecular weight excluding hydrogens is 395 g/mol. The van der Waals surface area contributed by atoms with Crippen molar-refractivity contribution in [3.63, 3.8) is 0 Å². The zero-order valence-corrected chi connectivity index (χ0v) is 16.1. The van der Waals surface area contributed by atoms with Crippen molar-refractivity contribution in [3.05, 3.63) is 71.3 Å². The van der Waals surface area contributed by atoms with Crippen LogP contribution in [0.1, 0.15) is 49.1 Å². The molecule has 1 saturated carbocycles. The van der Waals surface area contributed by atoms with Gasteiger partial charge in [-0.1, -0.05) is 61.6 Å². The summed E-state index contributed by atoms with van der Waals surface area (Å²) in [5.74, 6) is 0.891. The van der Waals surface area contributed by atoms with Gasteiger partial charge in [0.05, 0.1) is 5.56 Å². The van der Waals surface area contributed by atoms with Crippen LogP contribution in [0.4, 0.5) is 22.0 Å². The molecule has 0 unspecified atom stereocenters. The van der Waals surface area contributed by atoms with Crippen LogP contribution in [0, 0.1) is 23.5 Å². The first kappa shape index (κ1) is 20.4. The van der Waals surface area contributed by atoms with Crippen LogP contribution in [0.2, 0.25) is 0 Å². The molecule has 3 aromatic carbocycles. The van der Waals surface area contributed by atoms with Crippen LogP contribution >= 0.6 is 0 Å². The fourth-order valence-electron chi connectivity index (χ4n) is 4.14. The van der Waals surface area contributed by atoms with Crippen LogP contribution in [0.5, 0.6) is 0 Å². The third-order valence-corrected chi connectivity index (χ3v) is 5.68. The SMILES string of the molecule is Fc1cc2cc(-c3ccc(C4CCCCC4)cc3)ccc2c(F)c1C#CC(F)(F)F. The zero-order valence-electron chi connectivity index (χ0n) is 16.1. The quantitative estimate of drug-likeness (QED) is 0.297. The third kappa shape index (κ3) is 4.33. The second kappa shape index (κ2) is 8.10. The largest absolute Gasteiger partial charge is 0.458 e. The van der Waals surface area contributed by atoms with E-state index in [0.717, 1.165) is 23.1 Å². The highest BCUT2D eigenvalue weighted by Crippen LogP contribution is 2.34. The van der Waals surface area contributed by atoms with Crippen molar-refractivity contribution >= 4 is 10.8 Å². The molecular formula is C25H19F5. The molecule has 0 aliphatic heterocycles. The van der Waals surface area contributed by atoms with Crippen LogP contribution in [0.3, 0.4) is 0 Å². The van der Waals surface area contributed by atoms with Gasteiger partial charge in [-0.3, -0.25) is 0 Å². The number of halogens is 5. The summed E-state index contributed by atoms with van der Waals surface area (Å²) in [6, 6.07) is 14.0. The summed E-state index contributed by atoms with van der Waals surface area (Å²) >= 11 is 0. The summed E-state index contributed by atoms with van der Waals surface area (Å²) in [6.07, 6.45) is 1.39. The fourth-order valence-corrected chi connectivity index (χ4v) is 4.14. The maximum Gasteiger partial charge on any atom is 0.458 e. The van der Waals surface area contributed by atoms with E-state index in [1.54, 1.807) is 18.1 Å². The van der Waals surface area contributed by atoms with E-state index in [-0.39, 0.29) is 10.8 Å². The Bertz CT molecular complexity index is 1120. The van der Waals surface area contributed by atoms with Crippen molar-refractivity contribution in [2.24, 2.45) is 0 Å². The Morgan fingerprint density at radius 3 is 2.13 bits per heavy atom. The summed E-state index contributed by atoms with van der Waals surface area (Å²) in [5, 5.41) is 0.307. The molecule has 0 radical (unpaired) electrons. The maximum absolute atomic E-state index is 14.6. The lowest BCUT2D eigenvalue weighted by Gasteiger charge is -2.22. The van der Waals surface area contributed by atoms with Crippen LogP contribution in [-0.4, -0.2) is 6.18 Å². The van der Waals surface area contributed by atoms with E-state index in [2.05, 4.69) is 12.1 Å². The number of hydrogen-bond donors (Lipinski definition) is 0. The Hall–Kier alpha value is -2.87.